The lowest BCUT2D eigenvalue weighted by molar-refractivity contribution is 1.63. The Labute approximate surface area is 154 Å². The monoisotopic (exact) mass is 328 g/mol. The van der Waals surface area contributed by atoms with Crippen molar-refractivity contribution in [1.29, 1.82) is 0 Å². The van der Waals surface area contributed by atoms with Gasteiger partial charge in [-0.3, -0.25) is 0 Å². The molecule has 0 saturated carbocycles. The molecular weight excluding hydrogens is 312 g/mol. The van der Waals surface area contributed by atoms with Crippen molar-refractivity contribution in [2.45, 2.75) is 0 Å². The van der Waals surface area contributed by atoms with E-state index in [1.807, 2.05) is 72.8 Å². The maximum atomic E-state index is 3.31. The molecule has 0 heteroatoms. The summed E-state index contributed by atoms with van der Waals surface area (Å²) in [5.74, 6) is 13.1. The van der Waals surface area contributed by atoms with Gasteiger partial charge >= 0.3 is 0 Å². The van der Waals surface area contributed by atoms with Gasteiger partial charge < -0.3 is 0 Å². The molecule has 0 atom stereocenters. The molecular formula is C26H16. The van der Waals surface area contributed by atoms with Crippen LogP contribution in [-0.4, -0.2) is 0 Å². The maximum absolute atomic E-state index is 3.31. The van der Waals surface area contributed by atoms with E-state index in [4.69, 9.17) is 0 Å². The Balaban J connectivity index is 1.77. The van der Waals surface area contributed by atoms with Gasteiger partial charge in [-0.15, -0.1) is 0 Å². The van der Waals surface area contributed by atoms with Gasteiger partial charge in [-0.1, -0.05) is 84.3 Å². The lowest BCUT2D eigenvalue weighted by Crippen LogP contribution is -1.85. The molecule has 0 N–H and O–H groups in total. The van der Waals surface area contributed by atoms with E-state index in [0.717, 1.165) is 33.0 Å². The molecule has 26 heavy (non-hydrogen) atoms. The van der Waals surface area contributed by atoms with Crippen LogP contribution in [0.25, 0.3) is 10.8 Å². The molecule has 120 valence electrons. The standard InChI is InChI=1S/C26H16/c1-3-9-21(10-4-1)15-17-23-19-20-24(26-14-8-7-13-25(23)26)18-16-22-11-5-2-6-12-22/h1-14,19-20H. The molecule has 0 nitrogen and oxygen atoms in total. The van der Waals surface area contributed by atoms with Gasteiger partial charge in [-0.25, -0.2) is 0 Å². The summed E-state index contributed by atoms with van der Waals surface area (Å²) >= 11 is 0. The Morgan fingerprint density at radius 3 is 1.15 bits per heavy atom. The topological polar surface area (TPSA) is 0 Å². The summed E-state index contributed by atoms with van der Waals surface area (Å²) in [6, 6.07) is 32.5. The van der Waals surface area contributed by atoms with Crippen LogP contribution < -0.4 is 0 Å². The highest BCUT2D eigenvalue weighted by molar-refractivity contribution is 5.93. The van der Waals surface area contributed by atoms with Crippen LogP contribution in [0.3, 0.4) is 0 Å². The van der Waals surface area contributed by atoms with Gasteiger partial charge in [0.15, 0.2) is 0 Å². The SMILES string of the molecule is C(#Cc1ccc(C#Cc2ccccc2)c2ccccc12)c1ccccc1. The van der Waals surface area contributed by atoms with Crippen molar-refractivity contribution in [3.05, 3.63) is 119 Å². The molecule has 0 aliphatic heterocycles. The minimum Gasteiger partial charge on any atom is -0.0622 e. The van der Waals surface area contributed by atoms with Gasteiger partial charge in [0.1, 0.15) is 0 Å². The van der Waals surface area contributed by atoms with Crippen LogP contribution in [0.1, 0.15) is 22.3 Å². The Morgan fingerprint density at radius 1 is 0.346 bits per heavy atom. The van der Waals surface area contributed by atoms with Crippen LogP contribution in [0.4, 0.5) is 0 Å². The average Bonchev–Trinajstić information content (AvgIpc) is 2.72. The fraction of sp³-hybridized carbons (Fsp3) is 0. The van der Waals surface area contributed by atoms with E-state index in [1.54, 1.807) is 0 Å². The molecule has 0 aliphatic rings. The molecule has 0 saturated heterocycles. The smallest absolute Gasteiger partial charge is 0.0328 e. The molecule has 0 heterocycles. The molecule has 0 aliphatic carbocycles. The predicted octanol–water partition coefficient (Wildman–Crippen LogP) is 5.64. The van der Waals surface area contributed by atoms with Crippen LogP contribution in [0.15, 0.2) is 97.1 Å². The van der Waals surface area contributed by atoms with E-state index in [2.05, 4.69) is 47.9 Å². The van der Waals surface area contributed by atoms with Crippen LogP contribution in [0, 0.1) is 23.7 Å². The Morgan fingerprint density at radius 2 is 0.731 bits per heavy atom. The van der Waals surface area contributed by atoms with Gasteiger partial charge in [-0.05, 0) is 47.2 Å². The van der Waals surface area contributed by atoms with E-state index in [1.165, 1.54) is 0 Å². The minimum absolute atomic E-state index is 1.02. The number of fused-ring (bicyclic) bond motifs is 1. The molecule has 0 amide bonds. The van der Waals surface area contributed by atoms with Crippen molar-refractivity contribution >= 4 is 10.8 Å². The molecule has 0 spiro atoms. The van der Waals surface area contributed by atoms with Gasteiger partial charge in [-0.2, -0.15) is 0 Å². The highest BCUT2D eigenvalue weighted by Crippen LogP contribution is 2.22. The van der Waals surface area contributed by atoms with Crippen LogP contribution in [0.2, 0.25) is 0 Å². The summed E-state index contributed by atoms with van der Waals surface area (Å²) in [7, 11) is 0. The highest BCUT2D eigenvalue weighted by Gasteiger charge is 2.02. The molecule has 0 fully saturated rings. The van der Waals surface area contributed by atoms with Crippen LogP contribution in [0.5, 0.6) is 0 Å². The van der Waals surface area contributed by atoms with Crippen molar-refractivity contribution in [3.63, 3.8) is 0 Å². The first kappa shape index (κ1) is 15.8. The van der Waals surface area contributed by atoms with E-state index >= 15 is 0 Å². The third kappa shape index (κ3) is 3.51. The van der Waals surface area contributed by atoms with Crippen molar-refractivity contribution in [1.82, 2.24) is 0 Å². The fourth-order valence-corrected chi connectivity index (χ4v) is 2.84. The Bertz CT molecular complexity index is 1070. The molecule has 0 bridgehead atoms. The van der Waals surface area contributed by atoms with E-state index in [9.17, 15) is 0 Å². The lowest BCUT2D eigenvalue weighted by atomic mass is 9.99. The second-order valence-electron chi connectivity index (χ2n) is 5.94. The van der Waals surface area contributed by atoms with E-state index in [-0.39, 0.29) is 0 Å². The van der Waals surface area contributed by atoms with E-state index < -0.39 is 0 Å². The fourth-order valence-electron chi connectivity index (χ4n) is 2.84. The maximum Gasteiger partial charge on any atom is 0.0328 e. The average molecular weight is 328 g/mol. The number of hydrogen-bond acceptors (Lipinski definition) is 0. The van der Waals surface area contributed by atoms with Crippen molar-refractivity contribution < 1.29 is 0 Å². The summed E-state index contributed by atoms with van der Waals surface area (Å²) in [5, 5.41) is 2.27. The molecule has 4 rings (SSSR count). The second-order valence-corrected chi connectivity index (χ2v) is 5.94. The number of hydrogen-bond donors (Lipinski definition) is 0. The van der Waals surface area contributed by atoms with Gasteiger partial charge in [0.2, 0.25) is 0 Å². The van der Waals surface area contributed by atoms with Crippen LogP contribution >= 0.6 is 0 Å². The van der Waals surface area contributed by atoms with Gasteiger partial charge in [0.25, 0.3) is 0 Å². The normalized spacial score (nSPS) is 9.69. The van der Waals surface area contributed by atoms with Crippen molar-refractivity contribution in [2.75, 3.05) is 0 Å². The molecule has 0 unspecified atom stereocenters. The Kier molecular flexibility index (Phi) is 4.51. The molecule has 4 aromatic carbocycles. The zero-order valence-electron chi connectivity index (χ0n) is 14.2. The summed E-state index contributed by atoms with van der Waals surface area (Å²) in [5.41, 5.74) is 4.08. The number of benzene rings is 4. The zero-order valence-corrected chi connectivity index (χ0v) is 14.2. The molecule has 4 aromatic rings. The predicted molar refractivity (Wildman–Crippen MR) is 109 cm³/mol. The minimum atomic E-state index is 1.02. The van der Waals surface area contributed by atoms with E-state index in [0.29, 0.717) is 0 Å². The van der Waals surface area contributed by atoms with Crippen molar-refractivity contribution in [3.8, 4) is 23.7 Å². The quantitative estimate of drug-likeness (QED) is 0.366. The molecule has 0 aromatic heterocycles. The van der Waals surface area contributed by atoms with Gasteiger partial charge in [0.05, 0.1) is 0 Å². The summed E-state index contributed by atoms with van der Waals surface area (Å²) in [6.07, 6.45) is 0. The lowest BCUT2D eigenvalue weighted by Gasteiger charge is -2.03. The van der Waals surface area contributed by atoms with Crippen LogP contribution in [-0.2, 0) is 0 Å². The zero-order chi connectivity index (χ0) is 17.6. The highest BCUT2D eigenvalue weighted by atomic mass is 14.0. The summed E-state index contributed by atoms with van der Waals surface area (Å²) < 4.78 is 0. The summed E-state index contributed by atoms with van der Waals surface area (Å²) in [4.78, 5) is 0. The first-order valence-corrected chi connectivity index (χ1v) is 8.56. The third-order valence-corrected chi connectivity index (χ3v) is 4.15. The Hall–Kier alpha value is -3.74. The number of rotatable bonds is 0. The first-order valence-electron chi connectivity index (χ1n) is 8.56. The molecule has 0 radical (unpaired) electrons. The summed E-state index contributed by atoms with van der Waals surface area (Å²) in [6.45, 7) is 0. The van der Waals surface area contributed by atoms with Crippen molar-refractivity contribution in [2.24, 2.45) is 0 Å². The first-order chi connectivity index (χ1) is 12.9. The third-order valence-electron chi connectivity index (χ3n) is 4.15. The second kappa shape index (κ2) is 7.43. The largest absolute Gasteiger partial charge is 0.0622 e. The van der Waals surface area contributed by atoms with Gasteiger partial charge in [0, 0.05) is 22.3 Å².